The summed E-state index contributed by atoms with van der Waals surface area (Å²) in [6, 6.07) is 21.2. The van der Waals surface area contributed by atoms with Crippen molar-refractivity contribution in [1.82, 2.24) is 19.9 Å². The van der Waals surface area contributed by atoms with Gasteiger partial charge in [0.15, 0.2) is 0 Å². The molecule has 0 spiro atoms. The molecule has 4 rings (SSSR count). The largest absolute Gasteiger partial charge is 0.497 e. The maximum Gasteiger partial charge on any atom is 0.416 e. The van der Waals surface area contributed by atoms with E-state index < -0.39 is 18.6 Å². The van der Waals surface area contributed by atoms with E-state index in [0.717, 1.165) is 21.5 Å². The fourth-order valence-corrected chi connectivity index (χ4v) is 3.40. The summed E-state index contributed by atoms with van der Waals surface area (Å²) in [5, 5.41) is 17.5. The Morgan fingerprint density at radius 1 is 0.943 bits per heavy atom. The third-order valence-electron chi connectivity index (χ3n) is 5.14. The van der Waals surface area contributed by atoms with Gasteiger partial charge in [-0.1, -0.05) is 29.5 Å². The predicted octanol–water partition coefficient (Wildman–Crippen LogP) is 3.60. The molecule has 1 heterocycles. The van der Waals surface area contributed by atoms with Crippen LogP contribution in [-0.4, -0.2) is 57.3 Å². The van der Waals surface area contributed by atoms with Crippen LogP contribution in [0.25, 0.3) is 11.0 Å². The lowest BCUT2D eigenvalue weighted by Crippen LogP contribution is -2.37. The van der Waals surface area contributed by atoms with Crippen molar-refractivity contribution in [2.45, 2.75) is 13.1 Å². The van der Waals surface area contributed by atoms with Crippen molar-refractivity contribution in [2.24, 2.45) is 0 Å². The number of methoxy groups -OCH3 is 1. The first-order chi connectivity index (χ1) is 17.0. The van der Waals surface area contributed by atoms with Crippen molar-refractivity contribution >= 4 is 23.1 Å². The summed E-state index contributed by atoms with van der Waals surface area (Å²) in [4.78, 5) is 25.0. The first-order valence-corrected chi connectivity index (χ1v) is 10.8. The van der Waals surface area contributed by atoms with Crippen LogP contribution >= 0.6 is 0 Å². The highest BCUT2D eigenvalue weighted by molar-refractivity contribution is 5.78. The molecule has 35 heavy (non-hydrogen) atoms. The van der Waals surface area contributed by atoms with Crippen LogP contribution in [0.4, 0.5) is 4.79 Å². The molecular formula is C25H24N4O6. The molecular weight excluding hydrogens is 452 g/mol. The Morgan fingerprint density at radius 3 is 2.34 bits per heavy atom. The number of carboxylic acids is 1. The minimum absolute atomic E-state index is 0.0620. The lowest BCUT2D eigenvalue weighted by atomic mass is 10.2. The van der Waals surface area contributed by atoms with Crippen molar-refractivity contribution in [3.63, 3.8) is 0 Å². The average Bonchev–Trinajstić information content (AvgIpc) is 3.28. The number of carbonyl (C=O) groups excluding carboxylic acids is 1. The van der Waals surface area contributed by atoms with Crippen LogP contribution in [0, 0.1) is 0 Å². The number of hydrogen-bond donors (Lipinski definition) is 1. The lowest BCUT2D eigenvalue weighted by molar-refractivity contribution is -0.138. The second-order valence-electron chi connectivity index (χ2n) is 7.59. The monoisotopic (exact) mass is 476 g/mol. The molecule has 0 radical (unpaired) electrons. The molecule has 0 aliphatic heterocycles. The van der Waals surface area contributed by atoms with Gasteiger partial charge in [0.05, 0.1) is 19.2 Å². The Labute approximate surface area is 201 Å². The van der Waals surface area contributed by atoms with Gasteiger partial charge in [-0.3, -0.25) is 9.69 Å². The van der Waals surface area contributed by atoms with Gasteiger partial charge in [0, 0.05) is 6.54 Å². The highest BCUT2D eigenvalue weighted by atomic mass is 16.6. The molecule has 0 unspecified atom stereocenters. The lowest BCUT2D eigenvalue weighted by Gasteiger charge is -2.20. The Morgan fingerprint density at radius 2 is 1.63 bits per heavy atom. The third-order valence-corrected chi connectivity index (χ3v) is 5.14. The number of hydrogen-bond acceptors (Lipinski definition) is 7. The second-order valence-corrected chi connectivity index (χ2v) is 7.59. The van der Waals surface area contributed by atoms with Crippen molar-refractivity contribution in [1.29, 1.82) is 0 Å². The molecule has 0 aliphatic carbocycles. The minimum atomic E-state index is -1.14. The Hall–Kier alpha value is -4.60. The SMILES string of the molecule is COc1ccc(OC(=O)N(CC(=O)O)Cc2ccc(OCCn3nnc4ccccc43)cc2)cc1. The van der Waals surface area contributed by atoms with Crippen molar-refractivity contribution in [3.8, 4) is 17.2 Å². The van der Waals surface area contributed by atoms with E-state index in [9.17, 15) is 14.7 Å². The van der Waals surface area contributed by atoms with E-state index in [1.54, 1.807) is 53.2 Å². The fourth-order valence-electron chi connectivity index (χ4n) is 3.40. The first kappa shape index (κ1) is 23.6. The molecule has 0 aliphatic rings. The maximum atomic E-state index is 12.6. The Kier molecular flexibility index (Phi) is 7.41. The molecule has 180 valence electrons. The summed E-state index contributed by atoms with van der Waals surface area (Å²) in [6.45, 7) is 0.490. The predicted molar refractivity (Wildman–Crippen MR) is 127 cm³/mol. The number of rotatable bonds is 10. The standard InChI is InChI=1S/C25H24N4O6/c1-33-19-10-12-21(13-11-19)35-25(32)28(17-24(30)31)16-18-6-8-20(9-7-18)34-15-14-29-23-5-3-2-4-22(23)26-27-29/h2-13H,14-17H2,1H3,(H,30,31). The molecule has 0 fully saturated rings. The number of fused-ring (bicyclic) bond motifs is 1. The highest BCUT2D eigenvalue weighted by Crippen LogP contribution is 2.19. The third kappa shape index (κ3) is 6.26. The fraction of sp³-hybridized carbons (Fsp3) is 0.200. The van der Waals surface area contributed by atoms with Crippen LogP contribution in [0.3, 0.4) is 0 Å². The van der Waals surface area contributed by atoms with E-state index >= 15 is 0 Å². The van der Waals surface area contributed by atoms with Crippen LogP contribution in [-0.2, 0) is 17.9 Å². The molecule has 0 saturated carbocycles. The number of benzene rings is 3. The van der Waals surface area contributed by atoms with Crippen LogP contribution in [0.5, 0.6) is 17.2 Å². The number of ether oxygens (including phenoxy) is 3. The molecule has 10 nitrogen and oxygen atoms in total. The first-order valence-electron chi connectivity index (χ1n) is 10.8. The zero-order chi connectivity index (χ0) is 24.6. The van der Waals surface area contributed by atoms with Gasteiger partial charge in [0.1, 0.15) is 35.9 Å². The number of aromatic nitrogens is 3. The maximum absolute atomic E-state index is 12.6. The van der Waals surface area contributed by atoms with Gasteiger partial charge in [-0.2, -0.15) is 0 Å². The molecule has 10 heteroatoms. The molecule has 3 aromatic carbocycles. The molecule has 0 saturated heterocycles. The van der Waals surface area contributed by atoms with E-state index in [1.807, 2.05) is 24.3 Å². The van der Waals surface area contributed by atoms with Gasteiger partial charge in [0.25, 0.3) is 0 Å². The number of carbonyl (C=O) groups is 2. The van der Waals surface area contributed by atoms with E-state index in [0.29, 0.717) is 24.7 Å². The van der Waals surface area contributed by atoms with Crippen molar-refractivity contribution < 1.29 is 28.9 Å². The van der Waals surface area contributed by atoms with Crippen LogP contribution < -0.4 is 14.2 Å². The summed E-state index contributed by atoms with van der Waals surface area (Å²) < 4.78 is 18.0. The average molecular weight is 476 g/mol. The van der Waals surface area contributed by atoms with E-state index in [2.05, 4.69) is 10.3 Å². The summed E-state index contributed by atoms with van der Waals surface area (Å²) in [7, 11) is 1.53. The second kappa shape index (κ2) is 11.0. The summed E-state index contributed by atoms with van der Waals surface area (Å²) >= 11 is 0. The topological polar surface area (TPSA) is 116 Å². The summed E-state index contributed by atoms with van der Waals surface area (Å²) in [5.74, 6) is 0.403. The van der Waals surface area contributed by atoms with Crippen molar-refractivity contribution in [2.75, 3.05) is 20.3 Å². The van der Waals surface area contributed by atoms with Gasteiger partial charge < -0.3 is 19.3 Å². The van der Waals surface area contributed by atoms with Gasteiger partial charge in [-0.25, -0.2) is 9.48 Å². The molecule has 1 N–H and O–H groups in total. The van der Waals surface area contributed by atoms with Crippen LogP contribution in [0.15, 0.2) is 72.8 Å². The van der Waals surface area contributed by atoms with Gasteiger partial charge >= 0.3 is 12.1 Å². The number of nitrogens with zero attached hydrogens (tertiary/aromatic N) is 4. The minimum Gasteiger partial charge on any atom is -0.497 e. The van der Waals surface area contributed by atoms with E-state index in [1.165, 1.54) is 7.11 Å². The van der Waals surface area contributed by atoms with Crippen molar-refractivity contribution in [3.05, 3.63) is 78.4 Å². The molecule has 1 amide bonds. The summed E-state index contributed by atoms with van der Waals surface area (Å²) in [5.41, 5.74) is 2.49. The Balaban J connectivity index is 1.33. The number of carboxylic acid groups (broad SMARTS) is 1. The number of amides is 1. The summed E-state index contributed by atoms with van der Waals surface area (Å²) in [6.07, 6.45) is -0.766. The van der Waals surface area contributed by atoms with E-state index in [-0.39, 0.29) is 12.3 Å². The number of aliphatic carboxylic acids is 1. The molecule has 0 bridgehead atoms. The van der Waals surface area contributed by atoms with Crippen LogP contribution in [0.1, 0.15) is 5.56 Å². The zero-order valence-corrected chi connectivity index (χ0v) is 19.0. The van der Waals surface area contributed by atoms with Gasteiger partial charge in [-0.05, 0) is 54.1 Å². The quantitative estimate of drug-likeness (QED) is 0.369. The number of para-hydroxylation sites is 1. The highest BCUT2D eigenvalue weighted by Gasteiger charge is 2.19. The van der Waals surface area contributed by atoms with Crippen LogP contribution in [0.2, 0.25) is 0 Å². The molecule has 1 aromatic heterocycles. The smallest absolute Gasteiger partial charge is 0.416 e. The van der Waals surface area contributed by atoms with Gasteiger partial charge in [-0.15, -0.1) is 5.10 Å². The normalized spacial score (nSPS) is 10.7. The zero-order valence-electron chi connectivity index (χ0n) is 19.0. The van der Waals surface area contributed by atoms with E-state index in [4.69, 9.17) is 14.2 Å². The van der Waals surface area contributed by atoms with Gasteiger partial charge in [0.2, 0.25) is 0 Å². The molecule has 4 aromatic rings. The molecule has 0 atom stereocenters. The Bertz CT molecular complexity index is 1290.